The van der Waals surface area contributed by atoms with Crippen LogP contribution in [0.5, 0.6) is 0 Å². The Hall–Kier alpha value is -0.490. The van der Waals surface area contributed by atoms with Crippen LogP contribution in [0.25, 0.3) is 0 Å². The van der Waals surface area contributed by atoms with Crippen LogP contribution in [-0.4, -0.2) is 16.8 Å². The second-order valence-electron chi connectivity index (χ2n) is 4.59. The second-order valence-corrected chi connectivity index (χ2v) is 9.72. The average molecular weight is 502 g/mol. The third-order valence-electron chi connectivity index (χ3n) is 2.67. The Morgan fingerprint density at radius 1 is 0.615 bits per heavy atom. The van der Waals surface area contributed by atoms with Crippen LogP contribution in [0.4, 0.5) is 5.69 Å². The van der Waals surface area contributed by atoms with E-state index in [1.54, 1.807) is 0 Å². The zero-order chi connectivity index (χ0) is 20.4. The lowest BCUT2D eigenvalue weighted by Gasteiger charge is -2.03. The SMILES string of the molecule is NS(=O)(=O)c1cc(Cl)c(Cl)c(Cl)c1.Nc1c(Cl)cc(S(N)(=O)=O)cc1Cl. The molecule has 0 bridgehead atoms. The van der Waals surface area contributed by atoms with Crippen molar-refractivity contribution in [2.75, 3.05) is 5.73 Å². The molecule has 0 saturated heterocycles. The summed E-state index contributed by atoms with van der Waals surface area (Å²) in [6, 6.07) is 4.59. The van der Waals surface area contributed by atoms with E-state index < -0.39 is 20.0 Å². The predicted molar refractivity (Wildman–Crippen MR) is 105 cm³/mol. The molecule has 144 valence electrons. The van der Waals surface area contributed by atoms with E-state index in [1.807, 2.05) is 0 Å². The molecular weight excluding hydrogens is 492 g/mol. The molecule has 0 aliphatic rings. The van der Waals surface area contributed by atoms with Gasteiger partial charge in [-0.1, -0.05) is 58.0 Å². The molecule has 14 heteroatoms. The summed E-state index contributed by atoms with van der Waals surface area (Å²) in [5, 5.41) is 10.1. The van der Waals surface area contributed by atoms with Gasteiger partial charge in [-0.05, 0) is 24.3 Å². The van der Waals surface area contributed by atoms with Gasteiger partial charge >= 0.3 is 0 Å². The Labute approximate surface area is 175 Å². The highest BCUT2D eigenvalue weighted by molar-refractivity contribution is 7.89. The van der Waals surface area contributed by atoms with Crippen LogP contribution in [0.1, 0.15) is 0 Å². The van der Waals surface area contributed by atoms with E-state index in [0.717, 1.165) is 24.3 Å². The Bertz CT molecular complexity index is 927. The maximum absolute atomic E-state index is 10.9. The lowest BCUT2D eigenvalue weighted by Crippen LogP contribution is -2.12. The Morgan fingerprint density at radius 3 is 1.15 bits per heavy atom. The molecule has 0 aliphatic carbocycles. The van der Waals surface area contributed by atoms with E-state index in [2.05, 4.69) is 0 Å². The third-order valence-corrected chi connectivity index (χ3v) is 6.27. The molecule has 2 aromatic rings. The predicted octanol–water partition coefficient (Wildman–Crippen LogP) is 3.52. The van der Waals surface area contributed by atoms with Crippen LogP contribution in [0, 0.1) is 0 Å². The first-order chi connectivity index (χ1) is 11.6. The third kappa shape index (κ3) is 6.29. The molecule has 6 N–H and O–H groups in total. The lowest BCUT2D eigenvalue weighted by molar-refractivity contribution is 0.596. The van der Waals surface area contributed by atoms with E-state index in [-0.39, 0.29) is 40.6 Å². The zero-order valence-electron chi connectivity index (χ0n) is 12.4. The highest BCUT2D eigenvalue weighted by atomic mass is 35.5. The number of anilines is 1. The van der Waals surface area contributed by atoms with E-state index in [9.17, 15) is 16.8 Å². The summed E-state index contributed by atoms with van der Waals surface area (Å²) in [6.07, 6.45) is 0. The van der Waals surface area contributed by atoms with E-state index in [0.29, 0.717) is 0 Å². The second kappa shape index (κ2) is 8.68. The number of halogens is 5. The van der Waals surface area contributed by atoms with Crippen LogP contribution in [0.15, 0.2) is 34.1 Å². The topological polar surface area (TPSA) is 146 Å². The van der Waals surface area contributed by atoms with Crippen molar-refractivity contribution in [1.82, 2.24) is 0 Å². The zero-order valence-corrected chi connectivity index (χ0v) is 17.8. The number of rotatable bonds is 2. The summed E-state index contributed by atoms with van der Waals surface area (Å²) in [7, 11) is -7.58. The molecule has 0 atom stereocenters. The van der Waals surface area contributed by atoms with Gasteiger partial charge in [0.2, 0.25) is 20.0 Å². The van der Waals surface area contributed by atoms with Gasteiger partial charge in [-0.3, -0.25) is 0 Å². The molecular formula is C12H10Cl5N3O4S2. The fourth-order valence-corrected chi connectivity index (χ4v) is 3.89. The van der Waals surface area contributed by atoms with Crippen molar-refractivity contribution in [3.8, 4) is 0 Å². The van der Waals surface area contributed by atoms with Crippen molar-refractivity contribution in [2.24, 2.45) is 10.3 Å². The van der Waals surface area contributed by atoms with Crippen LogP contribution in [0.2, 0.25) is 25.1 Å². The van der Waals surface area contributed by atoms with Gasteiger partial charge in [0.1, 0.15) is 0 Å². The van der Waals surface area contributed by atoms with Gasteiger partial charge in [0.05, 0.1) is 40.6 Å². The first-order valence-electron chi connectivity index (χ1n) is 6.09. The minimum atomic E-state index is -3.79. The molecule has 0 fully saturated rings. The molecule has 7 nitrogen and oxygen atoms in total. The normalized spacial score (nSPS) is 11.7. The molecule has 0 unspecified atom stereocenters. The fourth-order valence-electron chi connectivity index (χ4n) is 1.42. The average Bonchev–Trinajstić information content (AvgIpc) is 2.48. The van der Waals surface area contributed by atoms with Gasteiger partial charge in [-0.2, -0.15) is 0 Å². The van der Waals surface area contributed by atoms with Gasteiger partial charge in [0, 0.05) is 0 Å². The maximum atomic E-state index is 10.9. The molecule has 0 saturated carbocycles. The van der Waals surface area contributed by atoms with E-state index in [4.69, 9.17) is 74.0 Å². The number of benzene rings is 2. The van der Waals surface area contributed by atoms with Crippen molar-refractivity contribution < 1.29 is 16.8 Å². The highest BCUT2D eigenvalue weighted by Crippen LogP contribution is 2.32. The van der Waals surface area contributed by atoms with Crippen LogP contribution >= 0.6 is 58.0 Å². The first kappa shape index (κ1) is 23.5. The number of hydrogen-bond donors (Lipinski definition) is 3. The Balaban J connectivity index is 0.000000260. The number of primary sulfonamides is 2. The minimum Gasteiger partial charge on any atom is -0.396 e. The van der Waals surface area contributed by atoms with Crippen molar-refractivity contribution in [1.29, 1.82) is 0 Å². The lowest BCUT2D eigenvalue weighted by atomic mass is 10.3. The Kier molecular flexibility index (Phi) is 7.86. The molecule has 0 spiro atoms. The summed E-state index contributed by atoms with van der Waals surface area (Å²) < 4.78 is 43.5. The van der Waals surface area contributed by atoms with Gasteiger partial charge in [0.15, 0.2) is 0 Å². The molecule has 0 radical (unpaired) electrons. The molecule has 0 amide bonds. The number of sulfonamides is 2. The van der Waals surface area contributed by atoms with Crippen molar-refractivity contribution >= 4 is 83.7 Å². The largest absolute Gasteiger partial charge is 0.396 e. The van der Waals surface area contributed by atoms with Crippen LogP contribution < -0.4 is 16.0 Å². The molecule has 2 rings (SSSR count). The van der Waals surface area contributed by atoms with E-state index >= 15 is 0 Å². The minimum absolute atomic E-state index is 0.0539. The number of nitrogens with two attached hydrogens (primary N) is 3. The highest BCUT2D eigenvalue weighted by Gasteiger charge is 2.13. The number of hydrogen-bond acceptors (Lipinski definition) is 5. The Morgan fingerprint density at radius 2 is 0.885 bits per heavy atom. The van der Waals surface area contributed by atoms with Crippen LogP contribution in [0.3, 0.4) is 0 Å². The smallest absolute Gasteiger partial charge is 0.238 e. The van der Waals surface area contributed by atoms with E-state index in [1.165, 1.54) is 0 Å². The van der Waals surface area contributed by atoms with Gasteiger partial charge in [0.25, 0.3) is 0 Å². The quantitative estimate of drug-likeness (QED) is 0.426. The summed E-state index contributed by atoms with van der Waals surface area (Å²) >= 11 is 28.0. The summed E-state index contributed by atoms with van der Waals surface area (Å²) in [5.74, 6) is 0. The monoisotopic (exact) mass is 499 g/mol. The molecule has 2 aromatic carbocycles. The summed E-state index contributed by atoms with van der Waals surface area (Å²) in [5.41, 5.74) is 5.53. The maximum Gasteiger partial charge on any atom is 0.238 e. The molecule has 26 heavy (non-hydrogen) atoms. The van der Waals surface area contributed by atoms with Crippen molar-refractivity contribution in [3.63, 3.8) is 0 Å². The summed E-state index contributed by atoms with van der Waals surface area (Å²) in [6.45, 7) is 0. The van der Waals surface area contributed by atoms with Crippen LogP contribution in [-0.2, 0) is 20.0 Å². The standard InChI is InChI=1S/C6H4Cl3NO2S.C6H6Cl2N2O2S/c2*7-4-1-3(13(10,11)12)2-5(8)6(4)9/h1-2H,(H2,10,11,12);1-2H,9H2,(H2,10,11,12). The van der Waals surface area contributed by atoms with Crippen molar-refractivity contribution in [2.45, 2.75) is 9.79 Å². The summed E-state index contributed by atoms with van der Waals surface area (Å²) in [4.78, 5) is -0.316. The first-order valence-corrected chi connectivity index (χ1v) is 11.1. The van der Waals surface area contributed by atoms with Crippen molar-refractivity contribution in [3.05, 3.63) is 49.4 Å². The molecule has 0 aromatic heterocycles. The fraction of sp³-hybridized carbons (Fsp3) is 0. The molecule has 0 heterocycles. The number of nitrogen functional groups attached to an aromatic ring is 1. The molecule has 0 aliphatic heterocycles. The van der Waals surface area contributed by atoms with Gasteiger partial charge < -0.3 is 5.73 Å². The van der Waals surface area contributed by atoms with Gasteiger partial charge in [-0.15, -0.1) is 0 Å². The van der Waals surface area contributed by atoms with Gasteiger partial charge in [-0.25, -0.2) is 27.1 Å².